The third-order valence-electron chi connectivity index (χ3n) is 2.96. The van der Waals surface area contributed by atoms with Gasteiger partial charge in [-0.2, -0.15) is 0 Å². The second-order valence-electron chi connectivity index (χ2n) is 4.56. The normalized spacial score (nSPS) is 10.2. The SMILES string of the molecule is CCC(=O)Nc1ccc(Nc2ccc(Br)cc2C)cc1. The Kier molecular flexibility index (Phi) is 4.79. The minimum absolute atomic E-state index is 0.0227. The number of nitrogens with one attached hydrogen (secondary N) is 2. The highest BCUT2D eigenvalue weighted by molar-refractivity contribution is 9.10. The molecule has 4 heteroatoms. The van der Waals surface area contributed by atoms with Crippen molar-refractivity contribution in [3.05, 3.63) is 52.5 Å². The first-order valence-corrected chi connectivity index (χ1v) is 7.31. The maximum Gasteiger partial charge on any atom is 0.224 e. The topological polar surface area (TPSA) is 41.1 Å². The zero-order valence-corrected chi connectivity index (χ0v) is 13.1. The molecule has 0 aliphatic carbocycles. The number of carbonyl (C=O) groups is 1. The van der Waals surface area contributed by atoms with Crippen LogP contribution in [0.3, 0.4) is 0 Å². The molecule has 2 aromatic carbocycles. The Morgan fingerprint density at radius 1 is 1.10 bits per heavy atom. The van der Waals surface area contributed by atoms with Gasteiger partial charge in [-0.3, -0.25) is 4.79 Å². The van der Waals surface area contributed by atoms with E-state index in [0.717, 1.165) is 21.5 Å². The van der Waals surface area contributed by atoms with Crippen molar-refractivity contribution < 1.29 is 4.79 Å². The van der Waals surface area contributed by atoms with Gasteiger partial charge in [-0.05, 0) is 55.0 Å². The van der Waals surface area contributed by atoms with Crippen molar-refractivity contribution in [2.45, 2.75) is 20.3 Å². The van der Waals surface area contributed by atoms with Gasteiger partial charge in [-0.15, -0.1) is 0 Å². The molecule has 2 N–H and O–H groups in total. The van der Waals surface area contributed by atoms with Crippen molar-refractivity contribution in [3.63, 3.8) is 0 Å². The monoisotopic (exact) mass is 332 g/mol. The van der Waals surface area contributed by atoms with Gasteiger partial charge in [0.15, 0.2) is 0 Å². The highest BCUT2D eigenvalue weighted by Crippen LogP contribution is 2.24. The molecule has 0 saturated carbocycles. The van der Waals surface area contributed by atoms with E-state index in [1.165, 1.54) is 5.56 Å². The van der Waals surface area contributed by atoms with Crippen molar-refractivity contribution in [1.29, 1.82) is 0 Å². The molecule has 0 aromatic heterocycles. The fourth-order valence-electron chi connectivity index (χ4n) is 1.81. The van der Waals surface area contributed by atoms with Crippen molar-refractivity contribution in [2.75, 3.05) is 10.6 Å². The zero-order valence-electron chi connectivity index (χ0n) is 11.5. The Morgan fingerprint density at radius 2 is 1.75 bits per heavy atom. The predicted octanol–water partition coefficient (Wildman–Crippen LogP) is 4.85. The molecule has 104 valence electrons. The minimum atomic E-state index is 0.0227. The maximum absolute atomic E-state index is 11.3. The number of hydrogen-bond acceptors (Lipinski definition) is 2. The fourth-order valence-corrected chi connectivity index (χ4v) is 2.28. The molecule has 0 aliphatic heterocycles. The van der Waals surface area contributed by atoms with E-state index >= 15 is 0 Å². The summed E-state index contributed by atoms with van der Waals surface area (Å²) < 4.78 is 1.07. The lowest BCUT2D eigenvalue weighted by Gasteiger charge is -2.11. The number of carbonyl (C=O) groups excluding carboxylic acids is 1. The van der Waals surface area contributed by atoms with E-state index in [-0.39, 0.29) is 5.91 Å². The Morgan fingerprint density at radius 3 is 2.35 bits per heavy atom. The average Bonchev–Trinajstić information content (AvgIpc) is 2.44. The molecule has 0 atom stereocenters. The summed E-state index contributed by atoms with van der Waals surface area (Å²) in [7, 11) is 0. The third kappa shape index (κ3) is 3.84. The molecule has 3 nitrogen and oxygen atoms in total. The fraction of sp³-hybridized carbons (Fsp3) is 0.188. The molecule has 0 heterocycles. The van der Waals surface area contributed by atoms with Crippen LogP contribution in [0, 0.1) is 6.92 Å². The highest BCUT2D eigenvalue weighted by Gasteiger charge is 2.01. The van der Waals surface area contributed by atoms with Crippen LogP contribution >= 0.6 is 15.9 Å². The van der Waals surface area contributed by atoms with Gasteiger partial charge in [-0.1, -0.05) is 22.9 Å². The van der Waals surface area contributed by atoms with Crippen LogP contribution in [0.2, 0.25) is 0 Å². The molecule has 2 rings (SSSR count). The molecule has 1 amide bonds. The van der Waals surface area contributed by atoms with Crippen molar-refractivity contribution in [3.8, 4) is 0 Å². The lowest BCUT2D eigenvalue weighted by atomic mass is 10.2. The van der Waals surface area contributed by atoms with Gasteiger partial charge in [-0.25, -0.2) is 0 Å². The summed E-state index contributed by atoms with van der Waals surface area (Å²) in [6.07, 6.45) is 0.484. The van der Waals surface area contributed by atoms with Crippen LogP contribution in [0.4, 0.5) is 17.1 Å². The Bertz CT molecular complexity index is 608. The first-order valence-electron chi connectivity index (χ1n) is 6.51. The molecule has 2 aromatic rings. The molecular weight excluding hydrogens is 316 g/mol. The summed E-state index contributed by atoms with van der Waals surface area (Å²) in [6.45, 7) is 3.89. The van der Waals surface area contributed by atoms with Gasteiger partial charge >= 0.3 is 0 Å². The van der Waals surface area contributed by atoms with E-state index in [2.05, 4.69) is 39.6 Å². The van der Waals surface area contributed by atoms with Crippen LogP contribution in [0.15, 0.2) is 46.9 Å². The second-order valence-corrected chi connectivity index (χ2v) is 5.48. The Labute approximate surface area is 127 Å². The van der Waals surface area contributed by atoms with E-state index in [4.69, 9.17) is 0 Å². The van der Waals surface area contributed by atoms with Crippen LogP contribution in [0.1, 0.15) is 18.9 Å². The summed E-state index contributed by atoms with van der Waals surface area (Å²) in [4.78, 5) is 11.3. The van der Waals surface area contributed by atoms with Crippen molar-refractivity contribution in [2.24, 2.45) is 0 Å². The molecule has 0 saturated heterocycles. The van der Waals surface area contributed by atoms with Crippen LogP contribution in [-0.2, 0) is 4.79 Å². The van der Waals surface area contributed by atoms with Gasteiger partial charge in [0.25, 0.3) is 0 Å². The number of aryl methyl sites for hydroxylation is 1. The van der Waals surface area contributed by atoms with Crippen molar-refractivity contribution >= 4 is 38.9 Å². The molecule has 0 bridgehead atoms. The summed E-state index contributed by atoms with van der Waals surface area (Å²) in [5, 5.41) is 6.19. The summed E-state index contributed by atoms with van der Waals surface area (Å²) in [5.41, 5.74) is 4.04. The largest absolute Gasteiger partial charge is 0.355 e. The quantitative estimate of drug-likeness (QED) is 0.840. The molecular formula is C16H17BrN2O. The van der Waals surface area contributed by atoms with E-state index in [9.17, 15) is 4.79 Å². The molecule has 0 spiro atoms. The molecule has 0 unspecified atom stereocenters. The van der Waals surface area contributed by atoms with E-state index in [1.807, 2.05) is 43.3 Å². The van der Waals surface area contributed by atoms with Crippen LogP contribution in [0.5, 0.6) is 0 Å². The average molecular weight is 333 g/mol. The smallest absolute Gasteiger partial charge is 0.224 e. The van der Waals surface area contributed by atoms with Gasteiger partial charge in [0.2, 0.25) is 5.91 Å². The minimum Gasteiger partial charge on any atom is -0.355 e. The highest BCUT2D eigenvalue weighted by atomic mass is 79.9. The second kappa shape index (κ2) is 6.57. The summed E-state index contributed by atoms with van der Waals surface area (Å²) in [5.74, 6) is 0.0227. The number of hydrogen-bond donors (Lipinski definition) is 2. The predicted molar refractivity (Wildman–Crippen MR) is 87.5 cm³/mol. The Balaban J connectivity index is 2.08. The molecule has 0 radical (unpaired) electrons. The van der Waals surface area contributed by atoms with Gasteiger partial charge in [0.1, 0.15) is 0 Å². The number of halogens is 1. The maximum atomic E-state index is 11.3. The summed E-state index contributed by atoms with van der Waals surface area (Å²) >= 11 is 3.45. The van der Waals surface area contributed by atoms with Gasteiger partial charge in [0.05, 0.1) is 0 Å². The summed E-state index contributed by atoms with van der Waals surface area (Å²) in [6, 6.07) is 13.8. The van der Waals surface area contributed by atoms with E-state index in [1.54, 1.807) is 0 Å². The first kappa shape index (κ1) is 14.6. The first-order chi connectivity index (χ1) is 9.58. The number of amides is 1. The van der Waals surface area contributed by atoms with Gasteiger partial charge in [0, 0.05) is 28.0 Å². The third-order valence-corrected chi connectivity index (χ3v) is 3.45. The molecule has 0 aliphatic rings. The lowest BCUT2D eigenvalue weighted by Crippen LogP contribution is -2.09. The zero-order chi connectivity index (χ0) is 14.5. The number of benzene rings is 2. The van der Waals surface area contributed by atoms with Crippen LogP contribution < -0.4 is 10.6 Å². The lowest BCUT2D eigenvalue weighted by molar-refractivity contribution is -0.115. The molecule has 20 heavy (non-hydrogen) atoms. The number of rotatable bonds is 4. The molecule has 0 fully saturated rings. The van der Waals surface area contributed by atoms with Crippen molar-refractivity contribution in [1.82, 2.24) is 0 Å². The van der Waals surface area contributed by atoms with Crippen LogP contribution in [-0.4, -0.2) is 5.91 Å². The van der Waals surface area contributed by atoms with Gasteiger partial charge < -0.3 is 10.6 Å². The number of anilines is 3. The van der Waals surface area contributed by atoms with E-state index in [0.29, 0.717) is 6.42 Å². The van der Waals surface area contributed by atoms with E-state index < -0.39 is 0 Å². The van der Waals surface area contributed by atoms with Crippen LogP contribution in [0.25, 0.3) is 0 Å². The Hall–Kier alpha value is -1.81. The standard InChI is InChI=1S/C16H17BrN2O/c1-3-16(20)19-14-7-5-13(6-8-14)18-15-9-4-12(17)10-11(15)2/h4-10,18H,3H2,1-2H3,(H,19,20).